The molecule has 5 nitrogen and oxygen atoms in total. The zero-order chi connectivity index (χ0) is 14.7. The van der Waals surface area contributed by atoms with Gasteiger partial charge in [0.05, 0.1) is 17.5 Å². The molecule has 1 saturated heterocycles. The van der Waals surface area contributed by atoms with Gasteiger partial charge in [-0.3, -0.25) is 15.0 Å². The van der Waals surface area contributed by atoms with E-state index in [9.17, 15) is 4.79 Å². The Morgan fingerprint density at radius 2 is 2.52 bits per heavy atom. The third-order valence-corrected chi connectivity index (χ3v) is 4.49. The summed E-state index contributed by atoms with van der Waals surface area (Å²) in [5.41, 5.74) is 1.54. The third-order valence-electron chi connectivity index (χ3n) is 3.68. The molecule has 0 saturated carbocycles. The van der Waals surface area contributed by atoms with Crippen molar-refractivity contribution < 1.29 is 9.21 Å². The SMILES string of the molecule is CC1CCCN(Cc2csc(NC(=O)c3ccoc3)n2)C1. The summed E-state index contributed by atoms with van der Waals surface area (Å²) in [5.74, 6) is 0.578. The van der Waals surface area contributed by atoms with Crippen LogP contribution in [0.2, 0.25) is 0 Å². The number of thiazole rings is 1. The summed E-state index contributed by atoms with van der Waals surface area (Å²) in [6.07, 6.45) is 5.49. The van der Waals surface area contributed by atoms with Crippen LogP contribution in [0.4, 0.5) is 5.13 Å². The van der Waals surface area contributed by atoms with Crippen LogP contribution in [0.5, 0.6) is 0 Å². The van der Waals surface area contributed by atoms with Crippen molar-refractivity contribution in [3.63, 3.8) is 0 Å². The number of rotatable bonds is 4. The maximum Gasteiger partial charge on any atom is 0.260 e. The minimum atomic E-state index is -0.184. The molecule has 1 aliphatic heterocycles. The van der Waals surface area contributed by atoms with Crippen molar-refractivity contribution in [2.45, 2.75) is 26.3 Å². The van der Waals surface area contributed by atoms with E-state index in [1.165, 1.54) is 36.7 Å². The zero-order valence-corrected chi connectivity index (χ0v) is 12.9. The standard InChI is InChI=1S/C15H19N3O2S/c1-11-3-2-5-18(7-11)8-13-10-21-15(16-13)17-14(19)12-4-6-20-9-12/h4,6,9-11H,2-3,5,7-8H2,1H3,(H,16,17,19). The smallest absolute Gasteiger partial charge is 0.260 e. The van der Waals surface area contributed by atoms with Crippen LogP contribution in [0.3, 0.4) is 0 Å². The Morgan fingerprint density at radius 3 is 3.29 bits per heavy atom. The Bertz CT molecular complexity index is 594. The molecule has 0 aliphatic carbocycles. The molecule has 1 amide bonds. The highest BCUT2D eigenvalue weighted by atomic mass is 32.1. The second kappa shape index (κ2) is 6.41. The van der Waals surface area contributed by atoms with Crippen molar-refractivity contribution in [2.75, 3.05) is 18.4 Å². The van der Waals surface area contributed by atoms with Crippen LogP contribution < -0.4 is 5.32 Å². The van der Waals surface area contributed by atoms with Gasteiger partial charge in [0.15, 0.2) is 5.13 Å². The first-order valence-electron chi connectivity index (χ1n) is 7.21. The van der Waals surface area contributed by atoms with Gasteiger partial charge in [-0.05, 0) is 31.4 Å². The largest absolute Gasteiger partial charge is 0.472 e. The molecule has 21 heavy (non-hydrogen) atoms. The van der Waals surface area contributed by atoms with E-state index in [2.05, 4.69) is 22.1 Å². The van der Waals surface area contributed by atoms with Gasteiger partial charge in [-0.25, -0.2) is 4.98 Å². The van der Waals surface area contributed by atoms with Gasteiger partial charge in [-0.1, -0.05) is 6.92 Å². The highest BCUT2D eigenvalue weighted by Gasteiger charge is 2.17. The van der Waals surface area contributed by atoms with Crippen molar-refractivity contribution in [2.24, 2.45) is 5.92 Å². The van der Waals surface area contributed by atoms with E-state index in [1.54, 1.807) is 6.07 Å². The van der Waals surface area contributed by atoms with E-state index in [0.29, 0.717) is 10.7 Å². The van der Waals surface area contributed by atoms with Gasteiger partial charge in [-0.2, -0.15) is 0 Å². The molecule has 2 aromatic heterocycles. The number of hydrogen-bond donors (Lipinski definition) is 1. The number of amides is 1. The number of hydrogen-bond acceptors (Lipinski definition) is 5. The van der Waals surface area contributed by atoms with E-state index in [4.69, 9.17) is 4.42 Å². The number of aromatic nitrogens is 1. The number of carbonyl (C=O) groups is 1. The molecule has 1 N–H and O–H groups in total. The van der Waals surface area contributed by atoms with Crippen molar-refractivity contribution in [1.29, 1.82) is 0 Å². The Morgan fingerprint density at radius 1 is 1.62 bits per heavy atom. The Kier molecular flexibility index (Phi) is 4.36. The van der Waals surface area contributed by atoms with Crippen molar-refractivity contribution in [3.05, 3.63) is 35.2 Å². The van der Waals surface area contributed by atoms with Crippen molar-refractivity contribution in [1.82, 2.24) is 9.88 Å². The minimum absolute atomic E-state index is 0.184. The van der Waals surface area contributed by atoms with Crippen molar-refractivity contribution in [3.8, 4) is 0 Å². The fourth-order valence-corrected chi connectivity index (χ4v) is 3.36. The quantitative estimate of drug-likeness (QED) is 0.942. The third kappa shape index (κ3) is 3.71. The number of carbonyl (C=O) groups excluding carboxylic acids is 1. The molecule has 2 aromatic rings. The molecular weight excluding hydrogens is 286 g/mol. The lowest BCUT2D eigenvalue weighted by Gasteiger charge is -2.30. The number of nitrogens with one attached hydrogen (secondary N) is 1. The number of nitrogens with zero attached hydrogens (tertiary/aromatic N) is 2. The van der Waals surface area contributed by atoms with Crippen LogP contribution in [0.25, 0.3) is 0 Å². The molecule has 1 atom stereocenters. The summed E-state index contributed by atoms with van der Waals surface area (Å²) in [7, 11) is 0. The Labute approximate surface area is 128 Å². The molecule has 1 fully saturated rings. The molecule has 112 valence electrons. The molecular formula is C15H19N3O2S. The molecule has 6 heteroatoms. The molecule has 0 spiro atoms. The first-order valence-corrected chi connectivity index (χ1v) is 8.09. The summed E-state index contributed by atoms with van der Waals surface area (Å²) < 4.78 is 4.90. The number of piperidine rings is 1. The highest BCUT2D eigenvalue weighted by molar-refractivity contribution is 7.13. The maximum absolute atomic E-state index is 11.9. The number of anilines is 1. The zero-order valence-electron chi connectivity index (χ0n) is 12.0. The normalized spacial score (nSPS) is 19.6. The highest BCUT2D eigenvalue weighted by Crippen LogP contribution is 2.21. The fourth-order valence-electron chi connectivity index (χ4n) is 2.66. The predicted molar refractivity (Wildman–Crippen MR) is 82.5 cm³/mol. The summed E-state index contributed by atoms with van der Waals surface area (Å²) >= 11 is 1.46. The lowest BCUT2D eigenvalue weighted by Crippen LogP contribution is -2.33. The van der Waals surface area contributed by atoms with Gasteiger partial charge in [0.1, 0.15) is 6.26 Å². The molecule has 0 aromatic carbocycles. The monoisotopic (exact) mass is 305 g/mol. The average molecular weight is 305 g/mol. The summed E-state index contributed by atoms with van der Waals surface area (Å²) in [6.45, 7) is 5.43. The molecule has 1 aliphatic rings. The average Bonchev–Trinajstić information content (AvgIpc) is 3.10. The lowest BCUT2D eigenvalue weighted by atomic mass is 10.0. The van der Waals surface area contributed by atoms with Crippen LogP contribution in [0.1, 0.15) is 35.8 Å². The summed E-state index contributed by atoms with van der Waals surface area (Å²) in [6, 6.07) is 1.64. The van der Waals surface area contributed by atoms with Gasteiger partial charge < -0.3 is 4.42 Å². The van der Waals surface area contributed by atoms with E-state index < -0.39 is 0 Å². The minimum Gasteiger partial charge on any atom is -0.472 e. The molecule has 0 bridgehead atoms. The van der Waals surface area contributed by atoms with E-state index in [-0.39, 0.29) is 5.91 Å². The van der Waals surface area contributed by atoms with Crippen LogP contribution in [-0.2, 0) is 6.54 Å². The topological polar surface area (TPSA) is 58.4 Å². The first kappa shape index (κ1) is 14.3. The number of furan rings is 1. The molecule has 3 heterocycles. The van der Waals surface area contributed by atoms with Crippen LogP contribution in [0.15, 0.2) is 28.4 Å². The van der Waals surface area contributed by atoms with Crippen LogP contribution in [0, 0.1) is 5.92 Å². The van der Waals surface area contributed by atoms with E-state index in [1.807, 2.05) is 5.38 Å². The van der Waals surface area contributed by atoms with Gasteiger partial charge in [0.25, 0.3) is 5.91 Å². The number of likely N-dealkylation sites (tertiary alicyclic amines) is 1. The van der Waals surface area contributed by atoms with Gasteiger partial charge in [-0.15, -0.1) is 11.3 Å². The Balaban J connectivity index is 1.57. The first-order chi connectivity index (χ1) is 10.2. The van der Waals surface area contributed by atoms with Crippen LogP contribution >= 0.6 is 11.3 Å². The second-order valence-electron chi connectivity index (χ2n) is 5.59. The maximum atomic E-state index is 11.9. The van der Waals surface area contributed by atoms with Crippen LogP contribution in [-0.4, -0.2) is 28.9 Å². The fraction of sp³-hybridized carbons (Fsp3) is 0.467. The summed E-state index contributed by atoms with van der Waals surface area (Å²) in [5, 5.41) is 5.46. The van der Waals surface area contributed by atoms with E-state index >= 15 is 0 Å². The van der Waals surface area contributed by atoms with E-state index in [0.717, 1.165) is 31.2 Å². The lowest BCUT2D eigenvalue weighted by molar-refractivity contribution is 0.102. The van der Waals surface area contributed by atoms with Crippen molar-refractivity contribution >= 4 is 22.4 Å². The summed E-state index contributed by atoms with van der Waals surface area (Å²) in [4.78, 5) is 18.8. The second-order valence-corrected chi connectivity index (χ2v) is 6.45. The molecule has 3 rings (SSSR count). The van der Waals surface area contributed by atoms with Gasteiger partial charge in [0.2, 0.25) is 0 Å². The predicted octanol–water partition coefficient (Wildman–Crippen LogP) is 3.22. The Hall–Kier alpha value is -1.66. The molecule has 0 radical (unpaired) electrons. The van der Waals surface area contributed by atoms with Gasteiger partial charge >= 0.3 is 0 Å². The molecule has 1 unspecified atom stereocenters. The van der Waals surface area contributed by atoms with Gasteiger partial charge in [0, 0.05) is 18.5 Å².